The number of aryl methyl sites for hydroxylation is 2. The minimum absolute atomic E-state index is 0.184. The highest BCUT2D eigenvalue weighted by Gasteiger charge is 2.20. The SMILES string of the molecule is Cc1noc2nc(-c3cnn(C)c3)cc(C(=O)NC[C@H](C)Cn3cccn3)c12. The Morgan fingerprint density at radius 1 is 1.36 bits per heavy atom. The van der Waals surface area contributed by atoms with Crippen molar-refractivity contribution in [2.24, 2.45) is 13.0 Å². The van der Waals surface area contributed by atoms with Crippen molar-refractivity contribution in [2.75, 3.05) is 6.54 Å². The van der Waals surface area contributed by atoms with Gasteiger partial charge in [-0.05, 0) is 25.0 Å². The fraction of sp³-hybridized carbons (Fsp3) is 0.316. The van der Waals surface area contributed by atoms with Gasteiger partial charge in [0.2, 0.25) is 0 Å². The van der Waals surface area contributed by atoms with Gasteiger partial charge in [0, 0.05) is 44.3 Å². The minimum Gasteiger partial charge on any atom is -0.352 e. The maximum Gasteiger partial charge on any atom is 0.259 e. The van der Waals surface area contributed by atoms with Crippen LogP contribution in [0.25, 0.3) is 22.4 Å². The summed E-state index contributed by atoms with van der Waals surface area (Å²) in [6.45, 7) is 5.12. The Balaban J connectivity index is 1.59. The third-order valence-electron chi connectivity index (χ3n) is 4.53. The Hall–Kier alpha value is -3.49. The van der Waals surface area contributed by atoms with Crippen LogP contribution in [0.1, 0.15) is 23.0 Å². The van der Waals surface area contributed by atoms with Gasteiger partial charge in [-0.1, -0.05) is 12.1 Å². The molecule has 0 aromatic carbocycles. The Bertz CT molecular complexity index is 1110. The number of carbonyl (C=O) groups is 1. The first-order valence-corrected chi connectivity index (χ1v) is 9.03. The summed E-state index contributed by atoms with van der Waals surface area (Å²) in [6, 6.07) is 3.64. The third kappa shape index (κ3) is 3.51. The van der Waals surface area contributed by atoms with Crippen molar-refractivity contribution in [3.63, 3.8) is 0 Å². The van der Waals surface area contributed by atoms with Crippen molar-refractivity contribution in [1.82, 2.24) is 35.0 Å². The largest absolute Gasteiger partial charge is 0.352 e. The first kappa shape index (κ1) is 17.9. The Kier molecular flexibility index (Phi) is 4.64. The number of hydrogen-bond acceptors (Lipinski definition) is 6. The number of amides is 1. The molecule has 4 aromatic heterocycles. The van der Waals surface area contributed by atoms with Gasteiger partial charge in [-0.3, -0.25) is 14.2 Å². The molecule has 144 valence electrons. The summed E-state index contributed by atoms with van der Waals surface area (Å²) in [5.41, 5.74) is 2.89. The van der Waals surface area contributed by atoms with E-state index in [9.17, 15) is 4.79 Å². The van der Waals surface area contributed by atoms with Crippen molar-refractivity contribution in [2.45, 2.75) is 20.4 Å². The van der Waals surface area contributed by atoms with Gasteiger partial charge in [0.15, 0.2) is 0 Å². The van der Waals surface area contributed by atoms with Crippen molar-refractivity contribution < 1.29 is 9.32 Å². The Morgan fingerprint density at radius 3 is 2.93 bits per heavy atom. The molecule has 0 aliphatic heterocycles. The number of nitrogens with zero attached hydrogens (tertiary/aromatic N) is 6. The van der Waals surface area contributed by atoms with Gasteiger partial charge in [0.25, 0.3) is 11.6 Å². The topological polar surface area (TPSA) is 104 Å². The van der Waals surface area contributed by atoms with E-state index in [1.54, 1.807) is 30.1 Å². The molecule has 0 saturated heterocycles. The van der Waals surface area contributed by atoms with Crippen molar-refractivity contribution in [1.29, 1.82) is 0 Å². The second-order valence-corrected chi connectivity index (χ2v) is 6.95. The number of rotatable bonds is 6. The Morgan fingerprint density at radius 2 is 2.21 bits per heavy atom. The summed E-state index contributed by atoms with van der Waals surface area (Å²) in [4.78, 5) is 17.4. The summed E-state index contributed by atoms with van der Waals surface area (Å²) in [7, 11) is 1.83. The monoisotopic (exact) mass is 379 g/mol. The highest BCUT2D eigenvalue weighted by Crippen LogP contribution is 2.26. The second kappa shape index (κ2) is 7.26. The van der Waals surface area contributed by atoms with Crippen LogP contribution in [0.15, 0.2) is 41.4 Å². The van der Waals surface area contributed by atoms with E-state index in [0.29, 0.717) is 34.6 Å². The van der Waals surface area contributed by atoms with Crippen LogP contribution in [0.3, 0.4) is 0 Å². The molecule has 4 aromatic rings. The minimum atomic E-state index is -0.184. The molecular formula is C19H21N7O2. The van der Waals surface area contributed by atoms with E-state index < -0.39 is 0 Å². The van der Waals surface area contributed by atoms with Crippen molar-refractivity contribution in [3.8, 4) is 11.3 Å². The van der Waals surface area contributed by atoms with Gasteiger partial charge in [-0.15, -0.1) is 0 Å². The van der Waals surface area contributed by atoms with Crippen LogP contribution >= 0.6 is 0 Å². The number of nitrogens with one attached hydrogen (secondary N) is 1. The first-order chi connectivity index (χ1) is 13.5. The lowest BCUT2D eigenvalue weighted by atomic mass is 10.1. The third-order valence-corrected chi connectivity index (χ3v) is 4.53. The van der Waals surface area contributed by atoms with Crippen molar-refractivity contribution >= 4 is 17.0 Å². The molecule has 0 aliphatic carbocycles. The number of hydrogen-bond donors (Lipinski definition) is 1. The van der Waals surface area contributed by atoms with Crippen LogP contribution in [0, 0.1) is 12.8 Å². The van der Waals surface area contributed by atoms with Gasteiger partial charge >= 0.3 is 0 Å². The van der Waals surface area contributed by atoms with E-state index >= 15 is 0 Å². The molecule has 0 aliphatic rings. The molecule has 0 bridgehead atoms. The van der Waals surface area contributed by atoms with Crippen LogP contribution in [-0.4, -0.2) is 42.2 Å². The molecule has 1 amide bonds. The summed E-state index contributed by atoms with van der Waals surface area (Å²) < 4.78 is 8.86. The van der Waals surface area contributed by atoms with E-state index in [-0.39, 0.29) is 11.8 Å². The summed E-state index contributed by atoms with van der Waals surface area (Å²) in [5.74, 6) is 0.0405. The molecule has 0 saturated carbocycles. The quantitative estimate of drug-likeness (QED) is 0.551. The standard InChI is InChI=1S/C19H21N7O2/c1-12(10-26-6-4-5-21-26)8-20-18(27)15-7-16(14-9-22-25(3)11-14)23-19-17(15)13(2)24-28-19/h4-7,9,11-12H,8,10H2,1-3H3,(H,20,27)/t12-/m0/s1. The van der Waals surface area contributed by atoms with Gasteiger partial charge in [0.05, 0.1) is 28.5 Å². The van der Waals surface area contributed by atoms with E-state index in [4.69, 9.17) is 4.52 Å². The molecule has 9 nitrogen and oxygen atoms in total. The van der Waals surface area contributed by atoms with E-state index in [1.807, 2.05) is 30.2 Å². The van der Waals surface area contributed by atoms with Gasteiger partial charge in [0.1, 0.15) is 0 Å². The predicted octanol–water partition coefficient (Wildman–Crippen LogP) is 2.19. The molecule has 4 rings (SSSR count). The normalized spacial score (nSPS) is 12.4. The maximum absolute atomic E-state index is 13.0. The van der Waals surface area contributed by atoms with Crippen LogP contribution in [0.4, 0.5) is 0 Å². The smallest absolute Gasteiger partial charge is 0.259 e. The summed E-state index contributed by atoms with van der Waals surface area (Å²) in [6.07, 6.45) is 7.19. The van der Waals surface area contributed by atoms with Crippen molar-refractivity contribution in [3.05, 3.63) is 48.2 Å². The Labute approximate surface area is 161 Å². The predicted molar refractivity (Wildman–Crippen MR) is 102 cm³/mol. The molecule has 0 radical (unpaired) electrons. The lowest BCUT2D eigenvalue weighted by Crippen LogP contribution is -2.30. The van der Waals surface area contributed by atoms with E-state index in [2.05, 4.69) is 32.6 Å². The molecule has 28 heavy (non-hydrogen) atoms. The maximum atomic E-state index is 13.0. The highest BCUT2D eigenvalue weighted by atomic mass is 16.5. The van der Waals surface area contributed by atoms with E-state index in [0.717, 1.165) is 12.1 Å². The average Bonchev–Trinajstić information content (AvgIpc) is 3.41. The lowest BCUT2D eigenvalue weighted by Gasteiger charge is -2.13. The zero-order valence-electron chi connectivity index (χ0n) is 16.0. The number of pyridine rings is 1. The molecule has 9 heteroatoms. The molecule has 1 N–H and O–H groups in total. The van der Waals surface area contributed by atoms with Crippen LogP contribution in [-0.2, 0) is 13.6 Å². The number of aromatic nitrogens is 6. The van der Waals surface area contributed by atoms with Gasteiger partial charge < -0.3 is 9.84 Å². The second-order valence-electron chi connectivity index (χ2n) is 6.95. The first-order valence-electron chi connectivity index (χ1n) is 9.03. The number of fused-ring (bicyclic) bond motifs is 1. The fourth-order valence-corrected chi connectivity index (χ4v) is 3.13. The molecule has 0 fully saturated rings. The average molecular weight is 379 g/mol. The number of carbonyl (C=O) groups excluding carboxylic acids is 1. The highest BCUT2D eigenvalue weighted by molar-refractivity contribution is 6.06. The van der Waals surface area contributed by atoms with Gasteiger partial charge in [-0.2, -0.15) is 10.2 Å². The zero-order valence-corrected chi connectivity index (χ0v) is 16.0. The molecule has 4 heterocycles. The van der Waals surface area contributed by atoms with Crippen LogP contribution in [0.5, 0.6) is 0 Å². The molecule has 0 unspecified atom stereocenters. The molecule has 1 atom stereocenters. The van der Waals surface area contributed by atoms with Crippen LogP contribution in [0.2, 0.25) is 0 Å². The van der Waals surface area contributed by atoms with Gasteiger partial charge in [-0.25, -0.2) is 4.98 Å². The molecule has 0 spiro atoms. The fourth-order valence-electron chi connectivity index (χ4n) is 3.13. The van der Waals surface area contributed by atoms with E-state index in [1.165, 1.54) is 0 Å². The zero-order chi connectivity index (χ0) is 19.7. The lowest BCUT2D eigenvalue weighted by molar-refractivity contribution is 0.0948. The summed E-state index contributed by atoms with van der Waals surface area (Å²) in [5, 5.41) is 16.0. The summed E-state index contributed by atoms with van der Waals surface area (Å²) >= 11 is 0. The molecular weight excluding hydrogens is 358 g/mol. The van der Waals surface area contributed by atoms with Crippen LogP contribution < -0.4 is 5.32 Å².